The second-order valence-electron chi connectivity index (χ2n) is 3.70. The first-order valence-electron chi connectivity index (χ1n) is 5.14. The highest BCUT2D eigenvalue weighted by molar-refractivity contribution is 5.77. The van der Waals surface area contributed by atoms with Crippen LogP contribution in [0.3, 0.4) is 0 Å². The number of anilines is 1. The summed E-state index contributed by atoms with van der Waals surface area (Å²) in [7, 11) is 0. The molecule has 0 amide bonds. The van der Waals surface area contributed by atoms with Crippen LogP contribution in [0.25, 0.3) is 22.7 Å². The molecule has 0 aromatic carbocycles. The number of imidazole rings is 1. The molecular weight excluding hydrogens is 216 g/mol. The Morgan fingerprint density at radius 3 is 2.76 bits per heavy atom. The molecule has 0 radical (unpaired) electrons. The largest absolute Gasteiger partial charge is 0.382 e. The van der Waals surface area contributed by atoms with E-state index in [1.165, 1.54) is 0 Å². The number of nitrogens with zero attached hydrogens (tertiary/aromatic N) is 4. The number of pyridine rings is 1. The number of rotatable bonds is 1. The fourth-order valence-electron chi connectivity index (χ4n) is 1.63. The standard InChI is InChI=1S/C11H10N6/c1-6-2-3-7-10(15-6)17-11(16-7)8-9(12)14-5-4-13-8/h2-5H,1H3,(H2,12,14)(H,15,16,17). The van der Waals surface area contributed by atoms with Gasteiger partial charge in [0, 0.05) is 18.1 Å². The van der Waals surface area contributed by atoms with Crippen LogP contribution >= 0.6 is 0 Å². The number of H-pyrrole nitrogens is 1. The van der Waals surface area contributed by atoms with Gasteiger partial charge in [0.15, 0.2) is 17.3 Å². The van der Waals surface area contributed by atoms with Crippen molar-refractivity contribution in [1.29, 1.82) is 0 Å². The van der Waals surface area contributed by atoms with Gasteiger partial charge in [-0.1, -0.05) is 0 Å². The van der Waals surface area contributed by atoms with Crippen molar-refractivity contribution in [3.05, 3.63) is 30.2 Å². The highest BCUT2D eigenvalue weighted by atomic mass is 15.0. The van der Waals surface area contributed by atoms with Gasteiger partial charge >= 0.3 is 0 Å². The Kier molecular flexibility index (Phi) is 2.01. The average molecular weight is 226 g/mol. The molecule has 0 spiro atoms. The summed E-state index contributed by atoms with van der Waals surface area (Å²) in [5, 5.41) is 0. The van der Waals surface area contributed by atoms with Gasteiger partial charge in [-0.05, 0) is 19.1 Å². The molecule has 0 unspecified atom stereocenters. The van der Waals surface area contributed by atoms with Gasteiger partial charge in [-0.3, -0.25) is 0 Å². The van der Waals surface area contributed by atoms with Gasteiger partial charge in [0.2, 0.25) is 0 Å². The summed E-state index contributed by atoms with van der Waals surface area (Å²) >= 11 is 0. The average Bonchev–Trinajstić information content (AvgIpc) is 2.72. The maximum absolute atomic E-state index is 5.75. The number of nitrogens with one attached hydrogen (secondary N) is 1. The molecule has 0 saturated carbocycles. The summed E-state index contributed by atoms with van der Waals surface area (Å²) in [5.41, 5.74) is 8.73. The molecule has 3 heterocycles. The lowest BCUT2D eigenvalue weighted by Gasteiger charge is -1.97. The van der Waals surface area contributed by atoms with Crippen LogP contribution in [0.2, 0.25) is 0 Å². The zero-order chi connectivity index (χ0) is 11.8. The van der Waals surface area contributed by atoms with Crippen molar-refractivity contribution in [3.8, 4) is 11.5 Å². The number of nitrogens with two attached hydrogens (primary N) is 1. The molecule has 84 valence electrons. The summed E-state index contributed by atoms with van der Waals surface area (Å²) in [6, 6.07) is 3.85. The number of nitrogen functional groups attached to an aromatic ring is 1. The molecule has 3 aromatic heterocycles. The van der Waals surface area contributed by atoms with Crippen molar-refractivity contribution in [2.24, 2.45) is 0 Å². The van der Waals surface area contributed by atoms with Crippen molar-refractivity contribution in [1.82, 2.24) is 24.9 Å². The van der Waals surface area contributed by atoms with Crippen molar-refractivity contribution >= 4 is 17.0 Å². The van der Waals surface area contributed by atoms with E-state index in [1.54, 1.807) is 12.4 Å². The first kappa shape index (κ1) is 9.71. The molecule has 17 heavy (non-hydrogen) atoms. The molecule has 3 rings (SSSR count). The molecule has 0 bridgehead atoms. The third kappa shape index (κ3) is 1.59. The zero-order valence-corrected chi connectivity index (χ0v) is 9.18. The highest BCUT2D eigenvalue weighted by Crippen LogP contribution is 2.20. The third-order valence-corrected chi connectivity index (χ3v) is 2.44. The first-order chi connectivity index (χ1) is 8.24. The quantitative estimate of drug-likeness (QED) is 0.652. The van der Waals surface area contributed by atoms with Crippen LogP contribution < -0.4 is 5.73 Å². The van der Waals surface area contributed by atoms with E-state index in [1.807, 2.05) is 19.1 Å². The molecule has 0 atom stereocenters. The minimum atomic E-state index is 0.350. The van der Waals surface area contributed by atoms with Gasteiger partial charge in [-0.15, -0.1) is 0 Å². The maximum atomic E-state index is 5.75. The summed E-state index contributed by atoms with van der Waals surface area (Å²) in [6.45, 7) is 1.92. The fraction of sp³-hybridized carbons (Fsp3) is 0.0909. The zero-order valence-electron chi connectivity index (χ0n) is 9.18. The van der Waals surface area contributed by atoms with Crippen LogP contribution in [-0.4, -0.2) is 24.9 Å². The van der Waals surface area contributed by atoms with Crippen LogP contribution in [0.5, 0.6) is 0 Å². The molecule has 3 N–H and O–H groups in total. The normalized spacial score (nSPS) is 10.9. The lowest BCUT2D eigenvalue weighted by Crippen LogP contribution is -1.96. The molecule has 0 fully saturated rings. The topological polar surface area (TPSA) is 93.4 Å². The van der Waals surface area contributed by atoms with Crippen LogP contribution in [0.4, 0.5) is 5.82 Å². The molecule has 0 aliphatic rings. The Balaban J connectivity index is 2.22. The number of aromatic nitrogens is 5. The van der Waals surface area contributed by atoms with E-state index in [0.717, 1.165) is 11.2 Å². The Hall–Kier alpha value is -2.50. The van der Waals surface area contributed by atoms with E-state index in [0.29, 0.717) is 23.0 Å². The first-order valence-corrected chi connectivity index (χ1v) is 5.14. The fourth-order valence-corrected chi connectivity index (χ4v) is 1.63. The molecule has 3 aromatic rings. The van der Waals surface area contributed by atoms with Crippen LogP contribution in [0.1, 0.15) is 5.69 Å². The van der Waals surface area contributed by atoms with E-state index in [9.17, 15) is 0 Å². The van der Waals surface area contributed by atoms with E-state index in [-0.39, 0.29) is 0 Å². The van der Waals surface area contributed by atoms with Crippen molar-refractivity contribution in [3.63, 3.8) is 0 Å². The van der Waals surface area contributed by atoms with E-state index in [4.69, 9.17) is 5.73 Å². The Morgan fingerprint density at radius 2 is 1.94 bits per heavy atom. The molecular formula is C11H10N6. The van der Waals surface area contributed by atoms with Gasteiger partial charge in [0.05, 0.1) is 5.52 Å². The Labute approximate surface area is 97.0 Å². The lowest BCUT2D eigenvalue weighted by molar-refractivity contribution is 1.17. The third-order valence-electron chi connectivity index (χ3n) is 2.44. The highest BCUT2D eigenvalue weighted by Gasteiger charge is 2.10. The van der Waals surface area contributed by atoms with Crippen molar-refractivity contribution < 1.29 is 0 Å². The van der Waals surface area contributed by atoms with E-state index >= 15 is 0 Å². The van der Waals surface area contributed by atoms with E-state index < -0.39 is 0 Å². The van der Waals surface area contributed by atoms with Gasteiger partial charge in [0.1, 0.15) is 5.69 Å². The predicted octanol–water partition coefficient (Wildman–Crippen LogP) is 1.31. The smallest absolute Gasteiger partial charge is 0.178 e. The monoisotopic (exact) mass is 226 g/mol. The summed E-state index contributed by atoms with van der Waals surface area (Å²) < 4.78 is 0. The van der Waals surface area contributed by atoms with Crippen LogP contribution in [0.15, 0.2) is 24.5 Å². The molecule has 6 heteroatoms. The molecule has 6 nitrogen and oxygen atoms in total. The van der Waals surface area contributed by atoms with Crippen LogP contribution in [-0.2, 0) is 0 Å². The van der Waals surface area contributed by atoms with Gasteiger partial charge < -0.3 is 10.7 Å². The summed E-state index contributed by atoms with van der Waals surface area (Å²) in [4.78, 5) is 19.9. The number of aryl methyl sites for hydroxylation is 1. The maximum Gasteiger partial charge on any atom is 0.178 e. The Morgan fingerprint density at radius 1 is 1.12 bits per heavy atom. The van der Waals surface area contributed by atoms with Gasteiger partial charge in [-0.2, -0.15) is 0 Å². The van der Waals surface area contributed by atoms with E-state index in [2.05, 4.69) is 24.9 Å². The number of hydrogen-bond donors (Lipinski definition) is 2. The lowest BCUT2D eigenvalue weighted by atomic mass is 10.3. The number of aromatic amines is 1. The second kappa shape index (κ2) is 3.51. The predicted molar refractivity (Wildman–Crippen MR) is 64.1 cm³/mol. The SMILES string of the molecule is Cc1ccc2[nH]c(-c3nccnc3N)nc2n1. The van der Waals surface area contributed by atoms with Gasteiger partial charge in [-0.25, -0.2) is 19.9 Å². The molecule has 0 saturated heterocycles. The molecule has 0 aliphatic carbocycles. The minimum Gasteiger partial charge on any atom is -0.382 e. The van der Waals surface area contributed by atoms with Gasteiger partial charge in [0.25, 0.3) is 0 Å². The second-order valence-corrected chi connectivity index (χ2v) is 3.70. The number of hydrogen-bond acceptors (Lipinski definition) is 5. The number of fused-ring (bicyclic) bond motifs is 1. The summed E-state index contributed by atoms with van der Waals surface area (Å²) in [5.74, 6) is 0.937. The van der Waals surface area contributed by atoms with Crippen LogP contribution in [0, 0.1) is 6.92 Å². The summed E-state index contributed by atoms with van der Waals surface area (Å²) in [6.07, 6.45) is 3.13. The Bertz CT molecular complexity index is 687. The van der Waals surface area contributed by atoms with Crippen molar-refractivity contribution in [2.75, 3.05) is 5.73 Å². The van der Waals surface area contributed by atoms with Crippen molar-refractivity contribution in [2.45, 2.75) is 6.92 Å². The minimum absolute atomic E-state index is 0.350. The molecule has 0 aliphatic heterocycles.